The Hall–Kier alpha value is -2.41. The van der Waals surface area contributed by atoms with Crippen molar-refractivity contribution in [1.82, 2.24) is 15.5 Å². The van der Waals surface area contributed by atoms with Crippen LogP contribution in [0.4, 0.5) is 0 Å². The van der Waals surface area contributed by atoms with Crippen LogP contribution < -0.4 is 10.6 Å². The maximum atomic E-state index is 12.3. The summed E-state index contributed by atoms with van der Waals surface area (Å²) in [7, 11) is 4.73. The van der Waals surface area contributed by atoms with E-state index >= 15 is 0 Å². The molecular formula is C19H29N3O4. The van der Waals surface area contributed by atoms with E-state index in [1.807, 2.05) is 37.9 Å². The summed E-state index contributed by atoms with van der Waals surface area (Å²) in [5.41, 5.74) is 1.57. The number of benzene rings is 1. The van der Waals surface area contributed by atoms with E-state index in [0.29, 0.717) is 12.1 Å². The van der Waals surface area contributed by atoms with Crippen molar-refractivity contribution in [3.63, 3.8) is 0 Å². The van der Waals surface area contributed by atoms with Crippen LogP contribution in [0.2, 0.25) is 0 Å². The van der Waals surface area contributed by atoms with Crippen LogP contribution in [0.25, 0.3) is 0 Å². The van der Waals surface area contributed by atoms with Crippen LogP contribution in [0, 0.1) is 5.92 Å². The van der Waals surface area contributed by atoms with Gasteiger partial charge in [0.15, 0.2) is 0 Å². The quantitative estimate of drug-likeness (QED) is 0.644. The first-order valence-corrected chi connectivity index (χ1v) is 8.69. The second-order valence-corrected chi connectivity index (χ2v) is 6.40. The molecule has 0 heterocycles. The number of ether oxygens (including phenoxy) is 1. The molecule has 0 spiro atoms. The van der Waals surface area contributed by atoms with Crippen molar-refractivity contribution in [1.29, 1.82) is 0 Å². The average Bonchev–Trinajstić information content (AvgIpc) is 2.64. The summed E-state index contributed by atoms with van der Waals surface area (Å²) in [6.07, 6.45) is 0.758. The van der Waals surface area contributed by atoms with Gasteiger partial charge < -0.3 is 15.4 Å². The molecule has 2 atom stereocenters. The highest BCUT2D eigenvalue weighted by atomic mass is 16.5. The molecule has 1 rings (SSSR count). The average molecular weight is 363 g/mol. The van der Waals surface area contributed by atoms with Crippen LogP contribution in [0.3, 0.4) is 0 Å². The zero-order valence-corrected chi connectivity index (χ0v) is 16.2. The molecule has 2 N–H and O–H groups in total. The molecule has 0 aliphatic heterocycles. The zero-order chi connectivity index (χ0) is 19.7. The Balaban J connectivity index is 2.60. The van der Waals surface area contributed by atoms with Gasteiger partial charge in [0.25, 0.3) is 5.91 Å². The molecule has 0 aliphatic carbocycles. The Morgan fingerprint density at radius 3 is 2.31 bits per heavy atom. The molecule has 0 aromatic heterocycles. The van der Waals surface area contributed by atoms with E-state index in [9.17, 15) is 14.4 Å². The third kappa shape index (κ3) is 6.48. The standard InChI is InChI=1S/C19H29N3O4/c1-6-13(2)17(19(25)26-5)21-16(23)12-22(4)11-14-7-9-15(10-8-14)18(24)20-3/h7-10,13,17H,6,11-12H2,1-5H3,(H,20,24)(H,21,23)/t13-,17-/m1/s1. The number of nitrogens with one attached hydrogen (secondary N) is 2. The number of likely N-dealkylation sites (N-methyl/N-ethyl adjacent to an activating group) is 1. The second-order valence-electron chi connectivity index (χ2n) is 6.40. The predicted molar refractivity (Wildman–Crippen MR) is 99.6 cm³/mol. The maximum Gasteiger partial charge on any atom is 0.328 e. The fourth-order valence-electron chi connectivity index (χ4n) is 2.53. The van der Waals surface area contributed by atoms with Crippen LogP contribution in [-0.4, -0.2) is 56.5 Å². The summed E-state index contributed by atoms with van der Waals surface area (Å²) in [4.78, 5) is 37.5. The Bertz CT molecular complexity index is 616. The third-order valence-corrected chi connectivity index (χ3v) is 4.29. The summed E-state index contributed by atoms with van der Waals surface area (Å²) in [6.45, 7) is 4.57. The van der Waals surface area contributed by atoms with Crippen molar-refractivity contribution in [3.8, 4) is 0 Å². The highest BCUT2D eigenvalue weighted by Crippen LogP contribution is 2.10. The Morgan fingerprint density at radius 1 is 1.19 bits per heavy atom. The molecule has 0 fully saturated rings. The first-order valence-electron chi connectivity index (χ1n) is 8.69. The number of carbonyl (C=O) groups is 3. The number of methoxy groups -OCH3 is 1. The minimum atomic E-state index is -0.641. The molecule has 1 aromatic rings. The molecule has 0 aliphatic rings. The molecule has 144 valence electrons. The topological polar surface area (TPSA) is 87.7 Å². The van der Waals surface area contributed by atoms with Gasteiger partial charge in [-0.15, -0.1) is 0 Å². The van der Waals surface area contributed by atoms with Crippen LogP contribution in [0.1, 0.15) is 36.2 Å². The Labute approximate surface area is 155 Å². The molecule has 0 radical (unpaired) electrons. The lowest BCUT2D eigenvalue weighted by molar-refractivity contribution is -0.146. The summed E-state index contributed by atoms with van der Waals surface area (Å²) < 4.78 is 4.78. The number of rotatable bonds is 9. The lowest BCUT2D eigenvalue weighted by Gasteiger charge is -2.23. The highest BCUT2D eigenvalue weighted by molar-refractivity contribution is 5.93. The van der Waals surface area contributed by atoms with Gasteiger partial charge in [-0.25, -0.2) is 4.79 Å². The fraction of sp³-hybridized carbons (Fsp3) is 0.526. The minimum Gasteiger partial charge on any atom is -0.467 e. The number of nitrogens with zero attached hydrogens (tertiary/aromatic N) is 1. The molecular weight excluding hydrogens is 334 g/mol. The van der Waals surface area contributed by atoms with Crippen molar-refractivity contribution in [2.45, 2.75) is 32.9 Å². The van der Waals surface area contributed by atoms with E-state index in [-0.39, 0.29) is 24.3 Å². The lowest BCUT2D eigenvalue weighted by Crippen LogP contribution is -2.48. The molecule has 0 saturated carbocycles. The molecule has 7 nitrogen and oxygen atoms in total. The van der Waals surface area contributed by atoms with Gasteiger partial charge in [0.1, 0.15) is 6.04 Å². The van der Waals surface area contributed by atoms with E-state index in [0.717, 1.165) is 12.0 Å². The summed E-state index contributed by atoms with van der Waals surface area (Å²) >= 11 is 0. The monoisotopic (exact) mass is 363 g/mol. The lowest BCUT2D eigenvalue weighted by atomic mass is 9.99. The molecule has 0 bridgehead atoms. The summed E-state index contributed by atoms with van der Waals surface area (Å²) in [6, 6.07) is 6.57. The fourth-order valence-corrected chi connectivity index (χ4v) is 2.53. The number of esters is 1. The number of hydrogen-bond acceptors (Lipinski definition) is 5. The van der Waals surface area contributed by atoms with Crippen LogP contribution in [0.5, 0.6) is 0 Å². The van der Waals surface area contributed by atoms with E-state index in [1.165, 1.54) is 7.11 Å². The van der Waals surface area contributed by atoms with Crippen molar-refractivity contribution in [3.05, 3.63) is 35.4 Å². The normalized spacial score (nSPS) is 13.0. The van der Waals surface area contributed by atoms with E-state index in [4.69, 9.17) is 4.74 Å². The summed E-state index contributed by atoms with van der Waals surface area (Å²) in [5.74, 6) is -0.803. The first-order chi connectivity index (χ1) is 12.3. The number of hydrogen-bond donors (Lipinski definition) is 2. The van der Waals surface area contributed by atoms with Crippen LogP contribution in [0.15, 0.2) is 24.3 Å². The SMILES string of the molecule is CC[C@@H](C)[C@@H](NC(=O)CN(C)Cc1ccc(C(=O)NC)cc1)C(=O)OC. The van der Waals surface area contributed by atoms with Gasteiger partial charge in [0, 0.05) is 19.2 Å². The third-order valence-electron chi connectivity index (χ3n) is 4.29. The molecule has 2 amide bonds. The Kier molecular flexibility index (Phi) is 8.78. The van der Waals surface area contributed by atoms with Crippen LogP contribution in [-0.2, 0) is 20.9 Å². The van der Waals surface area contributed by atoms with Crippen molar-refractivity contribution in [2.75, 3.05) is 27.7 Å². The molecule has 26 heavy (non-hydrogen) atoms. The van der Waals surface area contributed by atoms with E-state index < -0.39 is 12.0 Å². The van der Waals surface area contributed by atoms with Crippen molar-refractivity contribution < 1.29 is 19.1 Å². The molecule has 7 heteroatoms. The Morgan fingerprint density at radius 2 is 1.81 bits per heavy atom. The zero-order valence-electron chi connectivity index (χ0n) is 16.2. The number of amides is 2. The van der Waals surface area contributed by atoms with E-state index in [2.05, 4.69) is 10.6 Å². The van der Waals surface area contributed by atoms with Crippen molar-refractivity contribution in [2.24, 2.45) is 5.92 Å². The smallest absolute Gasteiger partial charge is 0.328 e. The van der Waals surface area contributed by atoms with Gasteiger partial charge in [-0.05, 0) is 30.7 Å². The van der Waals surface area contributed by atoms with Gasteiger partial charge >= 0.3 is 5.97 Å². The van der Waals surface area contributed by atoms with Gasteiger partial charge in [-0.2, -0.15) is 0 Å². The maximum absolute atomic E-state index is 12.3. The molecule has 0 unspecified atom stereocenters. The second kappa shape index (κ2) is 10.6. The van der Waals surface area contributed by atoms with Crippen molar-refractivity contribution >= 4 is 17.8 Å². The van der Waals surface area contributed by atoms with Gasteiger partial charge in [-0.1, -0.05) is 32.4 Å². The van der Waals surface area contributed by atoms with Gasteiger partial charge in [-0.3, -0.25) is 14.5 Å². The summed E-state index contributed by atoms with van der Waals surface area (Å²) in [5, 5.41) is 5.33. The van der Waals surface area contributed by atoms with E-state index in [1.54, 1.807) is 19.2 Å². The molecule has 1 aromatic carbocycles. The van der Waals surface area contributed by atoms with Gasteiger partial charge in [0.2, 0.25) is 5.91 Å². The predicted octanol–water partition coefficient (Wildman–Crippen LogP) is 1.18. The van der Waals surface area contributed by atoms with Crippen LogP contribution >= 0.6 is 0 Å². The van der Waals surface area contributed by atoms with Gasteiger partial charge in [0.05, 0.1) is 13.7 Å². The minimum absolute atomic E-state index is 0.00559. The largest absolute Gasteiger partial charge is 0.467 e. The first kappa shape index (κ1) is 21.6. The number of carbonyl (C=O) groups excluding carboxylic acids is 3. The molecule has 0 saturated heterocycles. The highest BCUT2D eigenvalue weighted by Gasteiger charge is 2.26.